The second kappa shape index (κ2) is 6.90. The standard InChI is InChI=1S/C12H18F4N2O2/c1-2-3-9(19)17-8-4-6-18(7-5-8)11(20)12(15,16)10(13)14/h8,10H,2-7H2,1H3,(H,17,19). The quantitative estimate of drug-likeness (QED) is 0.787. The smallest absolute Gasteiger partial charge is 0.353 e. The molecule has 0 aromatic carbocycles. The van der Waals surface area contributed by atoms with E-state index in [1.54, 1.807) is 0 Å². The molecule has 0 spiro atoms. The Balaban J connectivity index is 2.46. The van der Waals surface area contributed by atoms with Gasteiger partial charge >= 0.3 is 12.3 Å². The van der Waals surface area contributed by atoms with Gasteiger partial charge in [0, 0.05) is 25.6 Å². The number of nitrogens with zero attached hydrogens (tertiary/aromatic N) is 1. The third-order valence-corrected chi connectivity index (χ3v) is 3.18. The Labute approximate surface area is 114 Å². The van der Waals surface area contributed by atoms with E-state index < -0.39 is 18.3 Å². The third-order valence-electron chi connectivity index (χ3n) is 3.18. The first kappa shape index (κ1) is 16.7. The van der Waals surface area contributed by atoms with Gasteiger partial charge in [-0.05, 0) is 19.3 Å². The molecule has 0 aromatic heterocycles. The summed E-state index contributed by atoms with van der Waals surface area (Å²) in [7, 11) is 0. The fourth-order valence-electron chi connectivity index (χ4n) is 2.06. The zero-order chi connectivity index (χ0) is 15.3. The Hall–Kier alpha value is -1.34. The van der Waals surface area contributed by atoms with Crippen LogP contribution in [0, 0.1) is 0 Å². The molecule has 2 amide bonds. The van der Waals surface area contributed by atoms with Gasteiger partial charge in [0.2, 0.25) is 5.91 Å². The molecule has 1 heterocycles. The molecule has 0 aliphatic carbocycles. The predicted molar refractivity (Wildman–Crippen MR) is 63.6 cm³/mol. The topological polar surface area (TPSA) is 49.4 Å². The molecule has 1 aliphatic heterocycles. The van der Waals surface area contributed by atoms with Crippen molar-refractivity contribution >= 4 is 11.8 Å². The first-order valence-electron chi connectivity index (χ1n) is 6.53. The molecular weight excluding hydrogens is 280 g/mol. The van der Waals surface area contributed by atoms with Crippen LogP contribution in [-0.2, 0) is 9.59 Å². The average Bonchev–Trinajstić information content (AvgIpc) is 2.38. The molecule has 1 rings (SSSR count). The lowest BCUT2D eigenvalue weighted by Gasteiger charge is -2.34. The predicted octanol–water partition coefficient (Wildman–Crippen LogP) is 1.79. The zero-order valence-corrected chi connectivity index (χ0v) is 11.2. The highest BCUT2D eigenvalue weighted by atomic mass is 19.3. The van der Waals surface area contributed by atoms with E-state index in [9.17, 15) is 27.2 Å². The first-order chi connectivity index (χ1) is 9.28. The summed E-state index contributed by atoms with van der Waals surface area (Å²) >= 11 is 0. The van der Waals surface area contributed by atoms with E-state index in [1.165, 1.54) is 0 Å². The minimum atomic E-state index is -4.64. The van der Waals surface area contributed by atoms with Crippen LogP contribution >= 0.6 is 0 Å². The monoisotopic (exact) mass is 298 g/mol. The van der Waals surface area contributed by atoms with Crippen LogP contribution < -0.4 is 5.32 Å². The van der Waals surface area contributed by atoms with Crippen LogP contribution in [0.5, 0.6) is 0 Å². The minimum Gasteiger partial charge on any atom is -0.353 e. The number of halogens is 4. The largest absolute Gasteiger partial charge is 0.383 e. The van der Waals surface area contributed by atoms with Crippen LogP contribution in [0.15, 0.2) is 0 Å². The molecule has 0 aromatic rings. The van der Waals surface area contributed by atoms with Crippen LogP contribution in [0.25, 0.3) is 0 Å². The van der Waals surface area contributed by atoms with Crippen LogP contribution in [0.3, 0.4) is 0 Å². The molecule has 1 saturated heterocycles. The molecule has 1 fully saturated rings. The summed E-state index contributed by atoms with van der Waals surface area (Å²) in [6.07, 6.45) is -2.34. The van der Waals surface area contributed by atoms with Crippen LogP contribution in [0.2, 0.25) is 0 Å². The van der Waals surface area contributed by atoms with Gasteiger partial charge in [0.05, 0.1) is 0 Å². The van der Waals surface area contributed by atoms with Crippen LogP contribution in [-0.4, -0.2) is 48.2 Å². The maximum Gasteiger partial charge on any atom is 0.383 e. The molecule has 8 heteroatoms. The summed E-state index contributed by atoms with van der Waals surface area (Å²) < 4.78 is 50.0. The summed E-state index contributed by atoms with van der Waals surface area (Å²) in [4.78, 5) is 23.4. The van der Waals surface area contributed by atoms with Gasteiger partial charge in [0.1, 0.15) is 0 Å². The maximum atomic E-state index is 12.9. The minimum absolute atomic E-state index is 0.0573. The number of rotatable bonds is 5. The van der Waals surface area contributed by atoms with Gasteiger partial charge in [-0.15, -0.1) is 0 Å². The number of nitrogens with one attached hydrogen (secondary N) is 1. The lowest BCUT2D eigenvalue weighted by Crippen LogP contribution is -2.53. The molecule has 116 valence electrons. The summed E-state index contributed by atoms with van der Waals surface area (Å²) in [6.45, 7) is 1.74. The van der Waals surface area contributed by atoms with Gasteiger partial charge in [-0.1, -0.05) is 6.92 Å². The highest BCUT2D eigenvalue weighted by molar-refractivity contribution is 5.84. The average molecular weight is 298 g/mol. The molecule has 0 atom stereocenters. The fourth-order valence-corrected chi connectivity index (χ4v) is 2.06. The normalized spacial score (nSPS) is 17.4. The summed E-state index contributed by atoms with van der Waals surface area (Å²) in [5.74, 6) is -6.61. The molecule has 0 radical (unpaired) electrons. The van der Waals surface area contributed by atoms with Gasteiger partial charge in [-0.3, -0.25) is 9.59 Å². The molecule has 0 saturated carbocycles. The van der Waals surface area contributed by atoms with Gasteiger partial charge in [-0.2, -0.15) is 8.78 Å². The van der Waals surface area contributed by atoms with Crippen LogP contribution in [0.4, 0.5) is 17.6 Å². The van der Waals surface area contributed by atoms with Gasteiger partial charge < -0.3 is 10.2 Å². The lowest BCUT2D eigenvalue weighted by molar-refractivity contribution is -0.181. The Morgan fingerprint density at radius 1 is 1.30 bits per heavy atom. The Bertz CT molecular complexity index is 355. The number of carbonyl (C=O) groups is 2. The van der Waals surface area contributed by atoms with E-state index in [0.717, 1.165) is 4.90 Å². The van der Waals surface area contributed by atoms with E-state index >= 15 is 0 Å². The second-order valence-corrected chi connectivity index (χ2v) is 4.81. The van der Waals surface area contributed by atoms with Gasteiger partial charge in [0.25, 0.3) is 5.91 Å². The van der Waals surface area contributed by atoms with Crippen molar-refractivity contribution in [1.82, 2.24) is 10.2 Å². The molecule has 1 N–H and O–H groups in total. The maximum absolute atomic E-state index is 12.9. The molecule has 1 aliphatic rings. The van der Waals surface area contributed by atoms with Crippen LogP contribution in [0.1, 0.15) is 32.6 Å². The highest BCUT2D eigenvalue weighted by Crippen LogP contribution is 2.26. The Morgan fingerprint density at radius 3 is 2.30 bits per heavy atom. The number of hydrogen-bond donors (Lipinski definition) is 1. The Kier molecular flexibility index (Phi) is 5.76. The van der Waals surface area contributed by atoms with Crippen molar-refractivity contribution < 1.29 is 27.2 Å². The lowest BCUT2D eigenvalue weighted by atomic mass is 10.0. The second-order valence-electron chi connectivity index (χ2n) is 4.81. The van der Waals surface area contributed by atoms with E-state index in [0.29, 0.717) is 25.7 Å². The summed E-state index contributed by atoms with van der Waals surface area (Å²) in [5, 5.41) is 2.73. The van der Waals surface area contributed by atoms with Crippen molar-refractivity contribution in [3.05, 3.63) is 0 Å². The highest BCUT2D eigenvalue weighted by Gasteiger charge is 2.51. The van der Waals surface area contributed by atoms with Crippen molar-refractivity contribution in [3.63, 3.8) is 0 Å². The van der Waals surface area contributed by atoms with E-state index in [-0.39, 0.29) is 25.0 Å². The van der Waals surface area contributed by atoms with E-state index in [1.807, 2.05) is 6.92 Å². The number of alkyl halides is 4. The Morgan fingerprint density at radius 2 is 1.85 bits per heavy atom. The molecular formula is C12H18F4N2O2. The number of carbonyl (C=O) groups excluding carboxylic acids is 2. The summed E-state index contributed by atoms with van der Waals surface area (Å²) in [6, 6.07) is -0.196. The number of hydrogen-bond acceptors (Lipinski definition) is 2. The van der Waals surface area contributed by atoms with Crippen molar-refractivity contribution in [1.29, 1.82) is 0 Å². The van der Waals surface area contributed by atoms with Crippen molar-refractivity contribution in [2.45, 2.75) is 51.0 Å². The van der Waals surface area contributed by atoms with Gasteiger partial charge in [0.15, 0.2) is 0 Å². The number of piperidine rings is 1. The zero-order valence-electron chi connectivity index (χ0n) is 11.2. The fraction of sp³-hybridized carbons (Fsp3) is 0.833. The van der Waals surface area contributed by atoms with Crippen molar-refractivity contribution in [2.24, 2.45) is 0 Å². The SMILES string of the molecule is CCCC(=O)NC1CCN(C(=O)C(F)(F)C(F)F)CC1. The van der Waals surface area contributed by atoms with E-state index in [4.69, 9.17) is 0 Å². The number of amides is 2. The molecule has 0 bridgehead atoms. The first-order valence-corrected chi connectivity index (χ1v) is 6.53. The van der Waals surface area contributed by atoms with Crippen molar-refractivity contribution in [2.75, 3.05) is 13.1 Å². The van der Waals surface area contributed by atoms with Crippen molar-refractivity contribution in [3.8, 4) is 0 Å². The van der Waals surface area contributed by atoms with Gasteiger partial charge in [-0.25, -0.2) is 8.78 Å². The third kappa shape index (κ3) is 4.08. The molecule has 20 heavy (non-hydrogen) atoms. The summed E-state index contributed by atoms with van der Waals surface area (Å²) in [5.41, 5.74) is 0. The molecule has 0 unspecified atom stereocenters. The van der Waals surface area contributed by atoms with E-state index in [2.05, 4.69) is 5.32 Å². The number of likely N-dealkylation sites (tertiary alicyclic amines) is 1. The molecule has 4 nitrogen and oxygen atoms in total.